The summed E-state index contributed by atoms with van der Waals surface area (Å²) in [5.74, 6) is -0.363. The van der Waals surface area contributed by atoms with Gasteiger partial charge in [0, 0.05) is 5.56 Å². The molecule has 0 saturated heterocycles. The third kappa shape index (κ3) is 3.27. The molecule has 0 aliphatic carbocycles. The molecule has 0 amide bonds. The molecule has 6 heteroatoms. The van der Waals surface area contributed by atoms with Crippen molar-refractivity contribution in [3.05, 3.63) is 65.9 Å². The van der Waals surface area contributed by atoms with Gasteiger partial charge in [0.05, 0.1) is 13.2 Å². The first-order chi connectivity index (χ1) is 11.7. The number of hydrogen-bond donors (Lipinski definition) is 1. The molecule has 1 heterocycles. The van der Waals surface area contributed by atoms with Gasteiger partial charge in [0.25, 0.3) is 0 Å². The van der Waals surface area contributed by atoms with Gasteiger partial charge in [0.15, 0.2) is 5.69 Å². The summed E-state index contributed by atoms with van der Waals surface area (Å²) in [6.45, 7) is 2.94. The Labute approximate surface area is 139 Å². The first-order valence-electron chi connectivity index (χ1n) is 7.63. The first kappa shape index (κ1) is 15.7. The molecule has 0 radical (unpaired) electrons. The van der Waals surface area contributed by atoms with Gasteiger partial charge < -0.3 is 9.84 Å². The van der Waals surface area contributed by atoms with Gasteiger partial charge in [0.1, 0.15) is 11.4 Å². The number of nitrogens with zero attached hydrogens (tertiary/aromatic N) is 3. The number of carbonyl (C=O) groups is 1. The molecule has 0 aliphatic rings. The molecule has 24 heavy (non-hydrogen) atoms. The highest BCUT2D eigenvalue weighted by Gasteiger charge is 2.20. The van der Waals surface area contributed by atoms with Gasteiger partial charge in [0.2, 0.25) is 0 Å². The van der Waals surface area contributed by atoms with Crippen molar-refractivity contribution in [3.8, 4) is 17.0 Å². The van der Waals surface area contributed by atoms with Crippen molar-refractivity contribution in [2.45, 2.75) is 13.5 Å². The van der Waals surface area contributed by atoms with Crippen LogP contribution in [0.25, 0.3) is 11.3 Å². The predicted octanol–water partition coefficient (Wildman–Crippen LogP) is 3.09. The summed E-state index contributed by atoms with van der Waals surface area (Å²) in [6, 6.07) is 17.0. The van der Waals surface area contributed by atoms with Crippen molar-refractivity contribution >= 4 is 5.97 Å². The minimum absolute atomic E-state index is 0.0601. The molecule has 0 atom stereocenters. The summed E-state index contributed by atoms with van der Waals surface area (Å²) in [6.07, 6.45) is 0. The largest absolute Gasteiger partial charge is 0.494 e. The Bertz CT molecular complexity index is 826. The van der Waals surface area contributed by atoms with Gasteiger partial charge in [-0.05, 0) is 36.8 Å². The molecule has 3 rings (SSSR count). The Balaban J connectivity index is 2.00. The van der Waals surface area contributed by atoms with E-state index in [1.165, 1.54) is 0 Å². The molecule has 122 valence electrons. The number of hydrogen-bond acceptors (Lipinski definition) is 4. The number of benzene rings is 2. The van der Waals surface area contributed by atoms with E-state index in [9.17, 15) is 9.90 Å². The van der Waals surface area contributed by atoms with Crippen molar-refractivity contribution < 1.29 is 14.6 Å². The van der Waals surface area contributed by atoms with Crippen molar-refractivity contribution in [1.29, 1.82) is 0 Å². The molecule has 0 bridgehead atoms. The number of ether oxygens (including phenoxy) is 1. The second-order valence-electron chi connectivity index (χ2n) is 5.19. The van der Waals surface area contributed by atoms with E-state index >= 15 is 0 Å². The topological polar surface area (TPSA) is 77.2 Å². The van der Waals surface area contributed by atoms with Crippen LogP contribution < -0.4 is 4.74 Å². The maximum Gasteiger partial charge on any atom is 0.358 e. The number of carboxylic acids is 1. The molecule has 0 aliphatic heterocycles. The molecule has 0 spiro atoms. The predicted molar refractivity (Wildman–Crippen MR) is 89.1 cm³/mol. The number of carboxylic acid groups (broad SMARTS) is 1. The highest BCUT2D eigenvalue weighted by Crippen LogP contribution is 2.25. The zero-order valence-corrected chi connectivity index (χ0v) is 13.2. The monoisotopic (exact) mass is 323 g/mol. The molecular formula is C18H17N3O3. The highest BCUT2D eigenvalue weighted by molar-refractivity contribution is 5.92. The summed E-state index contributed by atoms with van der Waals surface area (Å²) in [5, 5.41) is 17.3. The SMILES string of the molecule is CCOc1ccc(-c2c(C(=O)O)nnn2Cc2ccccc2)cc1. The minimum atomic E-state index is -1.10. The number of aromatic nitrogens is 3. The van der Waals surface area contributed by atoms with Crippen molar-refractivity contribution in [2.24, 2.45) is 0 Å². The van der Waals surface area contributed by atoms with Gasteiger partial charge >= 0.3 is 5.97 Å². The number of aromatic carboxylic acids is 1. The second kappa shape index (κ2) is 6.95. The lowest BCUT2D eigenvalue weighted by atomic mass is 10.1. The van der Waals surface area contributed by atoms with Crippen LogP contribution in [0, 0.1) is 0 Å². The zero-order chi connectivity index (χ0) is 16.9. The van der Waals surface area contributed by atoms with E-state index in [-0.39, 0.29) is 5.69 Å². The minimum Gasteiger partial charge on any atom is -0.494 e. The Morgan fingerprint density at radius 2 is 1.83 bits per heavy atom. The molecule has 0 saturated carbocycles. The van der Waals surface area contributed by atoms with Crippen LogP contribution in [0.1, 0.15) is 23.0 Å². The summed E-state index contributed by atoms with van der Waals surface area (Å²) >= 11 is 0. The van der Waals surface area contributed by atoms with Crippen LogP contribution in [-0.2, 0) is 6.54 Å². The van der Waals surface area contributed by atoms with Crippen LogP contribution in [0.4, 0.5) is 0 Å². The van der Waals surface area contributed by atoms with Crippen LogP contribution in [0.3, 0.4) is 0 Å². The van der Waals surface area contributed by atoms with E-state index in [0.717, 1.165) is 16.9 Å². The fraction of sp³-hybridized carbons (Fsp3) is 0.167. The van der Waals surface area contributed by atoms with Crippen LogP contribution >= 0.6 is 0 Å². The summed E-state index contributed by atoms with van der Waals surface area (Å²) in [7, 11) is 0. The Morgan fingerprint density at radius 3 is 2.46 bits per heavy atom. The van der Waals surface area contributed by atoms with Crippen LogP contribution in [-0.4, -0.2) is 32.7 Å². The Hall–Kier alpha value is -3.15. The lowest BCUT2D eigenvalue weighted by molar-refractivity contribution is 0.0691. The smallest absolute Gasteiger partial charge is 0.358 e. The van der Waals surface area contributed by atoms with Crippen molar-refractivity contribution in [2.75, 3.05) is 6.61 Å². The average molecular weight is 323 g/mol. The van der Waals surface area contributed by atoms with E-state index in [2.05, 4.69) is 10.3 Å². The first-order valence-corrected chi connectivity index (χ1v) is 7.63. The fourth-order valence-corrected chi connectivity index (χ4v) is 2.49. The second-order valence-corrected chi connectivity index (χ2v) is 5.19. The van der Waals surface area contributed by atoms with Gasteiger partial charge in [-0.25, -0.2) is 9.48 Å². The van der Waals surface area contributed by atoms with Gasteiger partial charge in [-0.3, -0.25) is 0 Å². The van der Waals surface area contributed by atoms with Gasteiger partial charge in [-0.1, -0.05) is 35.5 Å². The molecule has 2 aromatic carbocycles. The highest BCUT2D eigenvalue weighted by atomic mass is 16.5. The maximum atomic E-state index is 11.5. The van der Waals surface area contributed by atoms with Crippen LogP contribution in [0.2, 0.25) is 0 Å². The van der Waals surface area contributed by atoms with Crippen LogP contribution in [0.15, 0.2) is 54.6 Å². The fourth-order valence-electron chi connectivity index (χ4n) is 2.49. The van der Waals surface area contributed by atoms with E-state index in [1.807, 2.05) is 61.5 Å². The summed E-state index contributed by atoms with van der Waals surface area (Å²) < 4.78 is 7.03. The normalized spacial score (nSPS) is 10.5. The zero-order valence-electron chi connectivity index (χ0n) is 13.2. The van der Waals surface area contributed by atoms with Crippen molar-refractivity contribution in [1.82, 2.24) is 15.0 Å². The third-order valence-corrected chi connectivity index (χ3v) is 3.55. The standard InChI is InChI=1S/C18H17N3O3/c1-2-24-15-10-8-14(9-11-15)17-16(18(22)23)19-20-21(17)12-13-6-4-3-5-7-13/h3-11H,2,12H2,1H3,(H,22,23). The van der Waals surface area contributed by atoms with E-state index < -0.39 is 5.97 Å². The molecule has 1 N–H and O–H groups in total. The molecular weight excluding hydrogens is 306 g/mol. The summed E-state index contributed by atoms with van der Waals surface area (Å²) in [5.41, 5.74) is 2.17. The Morgan fingerprint density at radius 1 is 1.12 bits per heavy atom. The molecule has 6 nitrogen and oxygen atoms in total. The van der Waals surface area contributed by atoms with E-state index in [0.29, 0.717) is 18.8 Å². The molecule has 0 unspecified atom stereocenters. The van der Waals surface area contributed by atoms with Gasteiger partial charge in [-0.2, -0.15) is 0 Å². The van der Waals surface area contributed by atoms with Gasteiger partial charge in [-0.15, -0.1) is 5.10 Å². The lowest BCUT2D eigenvalue weighted by Crippen LogP contribution is -2.06. The van der Waals surface area contributed by atoms with Crippen LogP contribution in [0.5, 0.6) is 5.75 Å². The molecule has 3 aromatic rings. The quantitative estimate of drug-likeness (QED) is 0.754. The van der Waals surface area contributed by atoms with E-state index in [1.54, 1.807) is 4.68 Å². The maximum absolute atomic E-state index is 11.5. The van der Waals surface area contributed by atoms with Crippen molar-refractivity contribution in [3.63, 3.8) is 0 Å². The van der Waals surface area contributed by atoms with E-state index in [4.69, 9.17) is 4.74 Å². The Kier molecular flexibility index (Phi) is 4.56. The third-order valence-electron chi connectivity index (χ3n) is 3.55. The average Bonchev–Trinajstić information content (AvgIpc) is 3.01. The molecule has 0 fully saturated rings. The lowest BCUT2D eigenvalue weighted by Gasteiger charge is -2.09. The number of rotatable bonds is 6. The summed E-state index contributed by atoms with van der Waals surface area (Å²) in [4.78, 5) is 11.5. The molecule has 1 aromatic heterocycles.